The molecule has 0 saturated heterocycles. The van der Waals surface area contributed by atoms with Gasteiger partial charge in [-0.1, -0.05) is 36.4 Å². The number of benzene rings is 2. The summed E-state index contributed by atoms with van der Waals surface area (Å²) in [7, 11) is 1.59. The number of carbonyl (C=O) groups is 1. The van der Waals surface area contributed by atoms with Crippen LogP contribution in [0.3, 0.4) is 0 Å². The van der Waals surface area contributed by atoms with Crippen molar-refractivity contribution in [3.05, 3.63) is 84.3 Å². The average Bonchev–Trinajstić information content (AvgIpc) is 3.12. The molecule has 0 aliphatic carbocycles. The van der Waals surface area contributed by atoms with Gasteiger partial charge in [-0.3, -0.25) is 0 Å². The first-order chi connectivity index (χ1) is 14.7. The molecule has 0 radical (unpaired) electrons. The normalized spacial score (nSPS) is 10.7. The molecule has 4 aromatic rings. The molecule has 2 N–H and O–H groups in total. The molecule has 0 spiro atoms. The quantitative estimate of drug-likeness (QED) is 0.493. The molecular formula is C23H23N5O2. The van der Waals surface area contributed by atoms with E-state index in [4.69, 9.17) is 9.72 Å². The zero-order valence-corrected chi connectivity index (χ0v) is 16.7. The summed E-state index contributed by atoms with van der Waals surface area (Å²) in [5, 5.41) is 5.70. The Hall–Kier alpha value is -3.87. The summed E-state index contributed by atoms with van der Waals surface area (Å²) >= 11 is 0. The highest BCUT2D eigenvalue weighted by Crippen LogP contribution is 2.17. The van der Waals surface area contributed by atoms with Crippen LogP contribution in [0.25, 0.3) is 11.2 Å². The fraction of sp³-hybridized carbons (Fsp3) is 0.174. The SMILES string of the molecule is COc1cccc(NC(=O)NCCc2nc3cccnc3n2Cc2ccccc2)c1. The highest BCUT2D eigenvalue weighted by molar-refractivity contribution is 5.89. The molecule has 2 heterocycles. The third-order valence-corrected chi connectivity index (χ3v) is 4.73. The zero-order valence-electron chi connectivity index (χ0n) is 16.7. The van der Waals surface area contributed by atoms with Gasteiger partial charge in [0.15, 0.2) is 5.65 Å². The molecule has 0 atom stereocenters. The number of hydrogen-bond acceptors (Lipinski definition) is 4. The minimum absolute atomic E-state index is 0.271. The van der Waals surface area contributed by atoms with Crippen molar-refractivity contribution in [2.75, 3.05) is 19.0 Å². The van der Waals surface area contributed by atoms with Crippen LogP contribution in [0.15, 0.2) is 72.9 Å². The molecule has 0 fully saturated rings. The number of nitrogens with one attached hydrogen (secondary N) is 2. The molecule has 0 saturated carbocycles. The van der Waals surface area contributed by atoms with Gasteiger partial charge in [-0.05, 0) is 29.8 Å². The van der Waals surface area contributed by atoms with Gasteiger partial charge in [-0.2, -0.15) is 0 Å². The topological polar surface area (TPSA) is 81.1 Å². The predicted octanol–water partition coefficient (Wildman–Crippen LogP) is 3.85. The van der Waals surface area contributed by atoms with Crippen LogP contribution in [0.5, 0.6) is 5.75 Å². The zero-order chi connectivity index (χ0) is 20.8. The Morgan fingerprint density at radius 3 is 2.77 bits per heavy atom. The number of fused-ring (bicyclic) bond motifs is 1. The molecule has 30 heavy (non-hydrogen) atoms. The van der Waals surface area contributed by atoms with E-state index in [-0.39, 0.29) is 6.03 Å². The lowest BCUT2D eigenvalue weighted by atomic mass is 10.2. The Bertz CT molecular complexity index is 1140. The largest absolute Gasteiger partial charge is 0.497 e. The number of hydrogen-bond donors (Lipinski definition) is 2. The number of aromatic nitrogens is 3. The molecule has 7 heteroatoms. The number of urea groups is 1. The molecular weight excluding hydrogens is 378 g/mol. The summed E-state index contributed by atoms with van der Waals surface area (Å²) in [5.41, 5.74) is 3.54. The van der Waals surface area contributed by atoms with Crippen molar-refractivity contribution in [2.45, 2.75) is 13.0 Å². The van der Waals surface area contributed by atoms with Crippen LogP contribution < -0.4 is 15.4 Å². The Labute approximate surface area is 174 Å². The van der Waals surface area contributed by atoms with Crippen molar-refractivity contribution in [1.29, 1.82) is 0 Å². The Balaban J connectivity index is 1.43. The molecule has 4 rings (SSSR count). The lowest BCUT2D eigenvalue weighted by Gasteiger charge is -2.11. The minimum atomic E-state index is -0.271. The lowest BCUT2D eigenvalue weighted by molar-refractivity contribution is 0.252. The summed E-state index contributed by atoms with van der Waals surface area (Å²) in [6.45, 7) is 1.13. The van der Waals surface area contributed by atoms with E-state index in [1.165, 1.54) is 5.56 Å². The monoisotopic (exact) mass is 401 g/mol. The fourth-order valence-corrected chi connectivity index (χ4v) is 3.29. The van der Waals surface area contributed by atoms with Gasteiger partial charge >= 0.3 is 6.03 Å². The van der Waals surface area contributed by atoms with Crippen molar-refractivity contribution in [3.8, 4) is 5.75 Å². The smallest absolute Gasteiger partial charge is 0.319 e. The third-order valence-electron chi connectivity index (χ3n) is 4.73. The van der Waals surface area contributed by atoms with Crippen LogP contribution in [0.4, 0.5) is 10.5 Å². The second-order valence-corrected chi connectivity index (χ2v) is 6.81. The number of pyridine rings is 1. The van der Waals surface area contributed by atoms with Gasteiger partial charge in [0.1, 0.15) is 17.1 Å². The Morgan fingerprint density at radius 1 is 1.07 bits per heavy atom. The maximum atomic E-state index is 12.2. The Morgan fingerprint density at radius 2 is 1.93 bits per heavy atom. The second-order valence-electron chi connectivity index (χ2n) is 6.81. The van der Waals surface area contributed by atoms with Gasteiger partial charge in [0, 0.05) is 30.9 Å². The first-order valence-corrected chi connectivity index (χ1v) is 9.76. The Kier molecular flexibility index (Phi) is 5.89. The van der Waals surface area contributed by atoms with Crippen LogP contribution >= 0.6 is 0 Å². The molecule has 7 nitrogen and oxygen atoms in total. The first kappa shape index (κ1) is 19.4. The summed E-state index contributed by atoms with van der Waals surface area (Å²) in [6, 6.07) is 21.0. The van der Waals surface area contributed by atoms with Gasteiger partial charge in [-0.25, -0.2) is 14.8 Å². The third kappa shape index (κ3) is 4.57. The molecule has 0 aliphatic heterocycles. The number of methoxy groups -OCH3 is 1. The van der Waals surface area contributed by atoms with Crippen molar-refractivity contribution >= 4 is 22.9 Å². The van der Waals surface area contributed by atoms with E-state index in [1.54, 1.807) is 19.4 Å². The summed E-state index contributed by atoms with van der Waals surface area (Å²) in [4.78, 5) is 21.5. The van der Waals surface area contributed by atoms with E-state index in [9.17, 15) is 4.79 Å². The standard InChI is InChI=1S/C23H23N5O2/c1-30-19-10-5-9-18(15-19)26-23(29)25-14-12-21-27-20-11-6-13-24-22(20)28(21)16-17-7-3-2-4-8-17/h2-11,13,15H,12,14,16H2,1H3,(H2,25,26,29). The van der Waals surface area contributed by atoms with E-state index < -0.39 is 0 Å². The van der Waals surface area contributed by atoms with Crippen LogP contribution in [0.1, 0.15) is 11.4 Å². The number of imidazole rings is 1. The van der Waals surface area contributed by atoms with E-state index in [0.717, 1.165) is 17.0 Å². The summed E-state index contributed by atoms with van der Waals surface area (Å²) < 4.78 is 7.28. The van der Waals surface area contributed by atoms with Crippen LogP contribution in [0.2, 0.25) is 0 Å². The summed E-state index contributed by atoms with van der Waals surface area (Å²) in [6.07, 6.45) is 2.36. The van der Waals surface area contributed by atoms with Crippen molar-refractivity contribution in [1.82, 2.24) is 19.9 Å². The highest BCUT2D eigenvalue weighted by atomic mass is 16.5. The first-order valence-electron chi connectivity index (χ1n) is 9.76. The van der Waals surface area contributed by atoms with Crippen LogP contribution in [-0.2, 0) is 13.0 Å². The van der Waals surface area contributed by atoms with E-state index >= 15 is 0 Å². The maximum Gasteiger partial charge on any atom is 0.319 e. The number of rotatable bonds is 7. The van der Waals surface area contributed by atoms with Gasteiger partial charge in [-0.15, -0.1) is 0 Å². The molecule has 2 amide bonds. The number of anilines is 1. The molecule has 0 unspecified atom stereocenters. The number of amides is 2. The van der Waals surface area contributed by atoms with E-state index in [2.05, 4.69) is 32.3 Å². The average molecular weight is 401 g/mol. The van der Waals surface area contributed by atoms with Gasteiger partial charge < -0.3 is 19.9 Å². The maximum absolute atomic E-state index is 12.2. The molecule has 2 aromatic heterocycles. The minimum Gasteiger partial charge on any atom is -0.497 e. The fourth-order valence-electron chi connectivity index (χ4n) is 3.29. The van der Waals surface area contributed by atoms with E-state index in [0.29, 0.717) is 30.9 Å². The van der Waals surface area contributed by atoms with Crippen molar-refractivity contribution in [2.24, 2.45) is 0 Å². The lowest BCUT2D eigenvalue weighted by Crippen LogP contribution is -2.31. The van der Waals surface area contributed by atoms with Gasteiger partial charge in [0.2, 0.25) is 0 Å². The van der Waals surface area contributed by atoms with Gasteiger partial charge in [0.25, 0.3) is 0 Å². The molecule has 2 aromatic carbocycles. The van der Waals surface area contributed by atoms with Crippen molar-refractivity contribution in [3.63, 3.8) is 0 Å². The highest BCUT2D eigenvalue weighted by Gasteiger charge is 2.12. The second kappa shape index (κ2) is 9.09. The molecule has 152 valence electrons. The number of carbonyl (C=O) groups excluding carboxylic acids is 1. The van der Waals surface area contributed by atoms with Crippen LogP contribution in [0, 0.1) is 0 Å². The number of ether oxygens (including phenoxy) is 1. The summed E-state index contributed by atoms with van der Waals surface area (Å²) in [5.74, 6) is 1.57. The van der Waals surface area contributed by atoms with Gasteiger partial charge in [0.05, 0.1) is 13.7 Å². The predicted molar refractivity (Wildman–Crippen MR) is 117 cm³/mol. The van der Waals surface area contributed by atoms with Crippen molar-refractivity contribution < 1.29 is 9.53 Å². The molecule has 0 aliphatic rings. The van der Waals surface area contributed by atoms with Crippen LogP contribution in [-0.4, -0.2) is 34.2 Å². The molecule has 0 bridgehead atoms. The van der Waals surface area contributed by atoms with E-state index in [1.807, 2.05) is 48.5 Å². The number of nitrogens with zero attached hydrogens (tertiary/aromatic N) is 3.